The van der Waals surface area contributed by atoms with E-state index in [0.717, 1.165) is 38.9 Å². The molecule has 48 heavy (non-hydrogen) atoms. The molecule has 1 heterocycles. The average molecular weight is 681 g/mol. The van der Waals surface area contributed by atoms with Crippen LogP contribution >= 0.6 is 0 Å². The first kappa shape index (κ1) is 43.3. The molecule has 0 bridgehead atoms. The molecule has 0 radical (unpaired) electrons. The zero-order valence-electron chi connectivity index (χ0n) is 31.1. The molecular weight excluding hydrogens is 612 g/mol. The van der Waals surface area contributed by atoms with Crippen molar-refractivity contribution in [3.05, 3.63) is 11.8 Å². The summed E-state index contributed by atoms with van der Waals surface area (Å²) in [6.45, 7) is 13.4. The molecule has 0 saturated heterocycles. The van der Waals surface area contributed by atoms with E-state index in [-0.39, 0.29) is 35.8 Å². The fraction of sp³-hybridized carbons (Fsp3) is 0.861. The summed E-state index contributed by atoms with van der Waals surface area (Å²) in [4.78, 5) is 34.2. The highest BCUT2D eigenvalue weighted by Gasteiger charge is 2.29. The number of hydrogen-bond donors (Lipinski definition) is 4. The largest absolute Gasteiger partial charge is 0.422 e. The number of amides is 4. The number of aromatic nitrogens is 2. The van der Waals surface area contributed by atoms with Gasteiger partial charge in [-0.3, -0.25) is 9.59 Å². The maximum absolute atomic E-state index is 11.8. The van der Waals surface area contributed by atoms with Crippen LogP contribution in [0.2, 0.25) is 0 Å². The van der Waals surface area contributed by atoms with E-state index in [0.29, 0.717) is 24.3 Å². The molecule has 0 spiro atoms. The quantitative estimate of drug-likeness (QED) is 0.178. The molecular formula is C36H68N6O6. The van der Waals surface area contributed by atoms with Gasteiger partial charge in [-0.1, -0.05) is 85.5 Å². The van der Waals surface area contributed by atoms with Crippen molar-refractivity contribution >= 4 is 17.8 Å². The van der Waals surface area contributed by atoms with Gasteiger partial charge in [0.25, 0.3) is 5.91 Å². The minimum absolute atomic E-state index is 0.0780. The second-order valence-corrected chi connectivity index (χ2v) is 12.8. The molecule has 1 aromatic heterocycles. The van der Waals surface area contributed by atoms with Gasteiger partial charge < -0.3 is 35.6 Å². The van der Waals surface area contributed by atoms with Crippen LogP contribution < -0.4 is 21.7 Å². The van der Waals surface area contributed by atoms with Gasteiger partial charge in [-0.05, 0) is 57.3 Å². The van der Waals surface area contributed by atoms with Crippen LogP contribution in [0.15, 0.2) is 4.42 Å². The second-order valence-electron chi connectivity index (χ2n) is 12.8. The first-order valence-corrected chi connectivity index (χ1v) is 18.8. The lowest BCUT2D eigenvalue weighted by atomic mass is 9.89. The molecule has 0 aromatic carbocycles. The number of nitrogens with two attached hydrogens (primary N) is 1. The van der Waals surface area contributed by atoms with Crippen molar-refractivity contribution in [3.63, 3.8) is 0 Å². The van der Waals surface area contributed by atoms with Gasteiger partial charge in [-0.25, -0.2) is 4.79 Å². The molecule has 12 heteroatoms. The summed E-state index contributed by atoms with van der Waals surface area (Å²) in [6.07, 6.45) is 18.6. The Bertz CT molecular complexity index is 989. The van der Waals surface area contributed by atoms with E-state index in [1.165, 1.54) is 84.6 Å². The van der Waals surface area contributed by atoms with Gasteiger partial charge in [0.05, 0.1) is 18.8 Å². The summed E-state index contributed by atoms with van der Waals surface area (Å²) in [7, 11) is 1.50. The molecule has 3 aliphatic carbocycles. The second kappa shape index (κ2) is 26.2. The van der Waals surface area contributed by atoms with Crippen LogP contribution in [0.25, 0.3) is 0 Å². The number of rotatable bonds is 13. The van der Waals surface area contributed by atoms with Gasteiger partial charge in [0.15, 0.2) is 6.04 Å². The van der Waals surface area contributed by atoms with E-state index >= 15 is 0 Å². The number of likely N-dealkylation sites (N-methyl/N-ethyl adjacent to an activating group) is 1. The van der Waals surface area contributed by atoms with Gasteiger partial charge in [0.1, 0.15) is 0 Å². The molecule has 278 valence electrons. The highest BCUT2D eigenvalue weighted by molar-refractivity contribution is 5.86. The van der Waals surface area contributed by atoms with E-state index in [2.05, 4.69) is 26.1 Å². The minimum atomic E-state index is -0.928. The Balaban J connectivity index is 0.000000440. The molecule has 3 atom stereocenters. The van der Waals surface area contributed by atoms with Gasteiger partial charge in [-0.15, -0.1) is 10.2 Å². The molecule has 3 aliphatic rings. The van der Waals surface area contributed by atoms with Crippen LogP contribution in [0, 0.1) is 11.8 Å². The number of urea groups is 1. The maximum Gasteiger partial charge on any atom is 0.312 e. The van der Waals surface area contributed by atoms with Gasteiger partial charge in [-0.2, -0.15) is 0 Å². The molecule has 5 N–H and O–H groups in total. The van der Waals surface area contributed by atoms with Crippen molar-refractivity contribution < 1.29 is 28.3 Å². The number of hydrogen-bond acceptors (Lipinski definition) is 8. The number of carbonyl (C=O) groups excluding carboxylic acids is 3. The lowest BCUT2D eigenvalue weighted by Crippen LogP contribution is -2.49. The Labute approximate surface area is 290 Å². The van der Waals surface area contributed by atoms with Crippen molar-refractivity contribution in [2.45, 2.75) is 162 Å². The topological polar surface area (TPSA) is 171 Å². The van der Waals surface area contributed by atoms with Crippen LogP contribution in [0.4, 0.5) is 4.79 Å². The summed E-state index contributed by atoms with van der Waals surface area (Å²) in [5.74, 6) is 1.62. The number of carbonyl (C=O) groups is 3. The van der Waals surface area contributed by atoms with Crippen molar-refractivity contribution in [1.82, 2.24) is 26.1 Å². The Hall–Kier alpha value is -2.73. The van der Waals surface area contributed by atoms with Crippen molar-refractivity contribution in [3.8, 4) is 0 Å². The molecule has 0 aliphatic heterocycles. The van der Waals surface area contributed by atoms with Gasteiger partial charge in [0.2, 0.25) is 17.7 Å². The van der Waals surface area contributed by atoms with Crippen LogP contribution in [-0.4, -0.2) is 67.1 Å². The normalized spacial score (nSPS) is 19.0. The van der Waals surface area contributed by atoms with Crippen LogP contribution in [0.5, 0.6) is 0 Å². The monoisotopic (exact) mass is 681 g/mol. The first-order chi connectivity index (χ1) is 23.3. The molecule has 12 nitrogen and oxygen atoms in total. The molecule has 3 fully saturated rings. The smallest absolute Gasteiger partial charge is 0.312 e. The molecule has 3 unspecified atom stereocenters. The Morgan fingerprint density at radius 1 is 0.812 bits per heavy atom. The third-order valence-corrected chi connectivity index (χ3v) is 9.10. The molecule has 4 rings (SSSR count). The molecule has 3 saturated carbocycles. The number of nitrogens with zero attached hydrogens (tertiary/aromatic N) is 2. The third kappa shape index (κ3) is 17.1. The Morgan fingerprint density at radius 3 is 1.83 bits per heavy atom. The van der Waals surface area contributed by atoms with Crippen LogP contribution in [0.1, 0.15) is 162 Å². The number of ether oxygens (including phenoxy) is 2. The summed E-state index contributed by atoms with van der Waals surface area (Å²) >= 11 is 0. The lowest BCUT2D eigenvalue weighted by molar-refractivity contribution is -0.128. The fourth-order valence-corrected chi connectivity index (χ4v) is 6.42. The standard InChI is InChI=1S/C19H36N2O3.C13H20N4O3.2C2H6/c1-15(24-13-17-10-6-3-7-11-17)18(21-19(20)22)14-23-12-16-8-4-2-5-9-16;1-8(18)15-10(11(19)14-2)13-17-16-12(20-13)9-6-4-3-5-7-9;2*1-2/h15-18H,2-14H2,1H3,(H3,20,21,22);9-10H,3-7H2,1-2H3,(H,14,19)(H,15,18);2*1-2H3. The zero-order valence-corrected chi connectivity index (χ0v) is 31.1. The first-order valence-electron chi connectivity index (χ1n) is 18.8. The van der Waals surface area contributed by atoms with E-state index < -0.39 is 12.1 Å². The number of nitrogens with one attached hydrogen (secondary N) is 3. The van der Waals surface area contributed by atoms with Gasteiger partial charge in [0, 0.05) is 33.1 Å². The van der Waals surface area contributed by atoms with Gasteiger partial charge >= 0.3 is 6.03 Å². The molecule has 1 aromatic rings. The summed E-state index contributed by atoms with van der Waals surface area (Å²) in [5, 5.41) is 15.7. The molecule has 4 amide bonds. The summed E-state index contributed by atoms with van der Waals surface area (Å²) in [5.41, 5.74) is 5.32. The van der Waals surface area contributed by atoms with Crippen molar-refractivity contribution in [1.29, 1.82) is 0 Å². The summed E-state index contributed by atoms with van der Waals surface area (Å²) in [6, 6.07) is -1.61. The fourth-order valence-electron chi connectivity index (χ4n) is 6.42. The number of primary amides is 1. The average Bonchev–Trinajstić information content (AvgIpc) is 3.62. The maximum atomic E-state index is 11.8. The van der Waals surface area contributed by atoms with Crippen molar-refractivity contribution in [2.24, 2.45) is 17.6 Å². The Morgan fingerprint density at radius 2 is 1.33 bits per heavy atom. The highest BCUT2D eigenvalue weighted by atomic mass is 16.5. The van der Waals surface area contributed by atoms with E-state index in [9.17, 15) is 14.4 Å². The van der Waals surface area contributed by atoms with E-state index in [4.69, 9.17) is 19.6 Å². The van der Waals surface area contributed by atoms with Crippen LogP contribution in [0.3, 0.4) is 0 Å². The summed E-state index contributed by atoms with van der Waals surface area (Å²) < 4.78 is 17.5. The third-order valence-electron chi connectivity index (χ3n) is 9.10. The predicted molar refractivity (Wildman–Crippen MR) is 189 cm³/mol. The van der Waals surface area contributed by atoms with Crippen LogP contribution in [-0.2, 0) is 19.1 Å². The SMILES string of the molecule is CC.CC.CC(OCC1CCCCC1)C(COCC1CCCCC1)NC(N)=O.CNC(=O)C(NC(C)=O)c1nnc(C2CCCCC2)o1. The zero-order chi connectivity index (χ0) is 35.7. The van der Waals surface area contributed by atoms with Crippen molar-refractivity contribution in [2.75, 3.05) is 26.9 Å². The predicted octanol–water partition coefficient (Wildman–Crippen LogP) is 6.70. The Kier molecular flexibility index (Phi) is 23.6. The minimum Gasteiger partial charge on any atom is -0.422 e. The highest BCUT2D eigenvalue weighted by Crippen LogP contribution is 2.32. The lowest BCUT2D eigenvalue weighted by Gasteiger charge is -2.29. The van der Waals surface area contributed by atoms with E-state index in [1.54, 1.807) is 0 Å². The van der Waals surface area contributed by atoms with E-state index in [1.807, 2.05) is 34.6 Å².